The molecular weight excluding hydrogens is 668 g/mol. The van der Waals surface area contributed by atoms with E-state index < -0.39 is 88.7 Å². The maximum Gasteiger partial charge on any atom is 0.417 e. The third-order valence-electron chi connectivity index (χ3n) is 8.34. The third-order valence-corrected chi connectivity index (χ3v) is 8.34. The van der Waals surface area contributed by atoms with Gasteiger partial charge in [0.25, 0.3) is 11.5 Å². The van der Waals surface area contributed by atoms with Gasteiger partial charge in [-0.25, -0.2) is 13.6 Å². The minimum atomic E-state index is -4.90. The Labute approximate surface area is 272 Å². The van der Waals surface area contributed by atoms with Gasteiger partial charge in [0, 0.05) is 42.0 Å². The van der Waals surface area contributed by atoms with E-state index in [-0.39, 0.29) is 33.6 Å². The van der Waals surface area contributed by atoms with Crippen LogP contribution >= 0.6 is 0 Å². The molecule has 0 aliphatic heterocycles. The number of hydrogen-bond donors (Lipinski definition) is 3. The molecule has 2 atom stereocenters. The molecule has 0 unspecified atom stereocenters. The number of carbonyl (C=O) groups excluding carboxylic acids is 1. The van der Waals surface area contributed by atoms with Gasteiger partial charge in [-0.15, -0.1) is 0 Å². The van der Waals surface area contributed by atoms with Gasteiger partial charge >= 0.3 is 18.3 Å². The fourth-order valence-electron chi connectivity index (χ4n) is 5.72. The van der Waals surface area contributed by atoms with Crippen LogP contribution < -0.4 is 16.2 Å². The van der Waals surface area contributed by atoms with Crippen molar-refractivity contribution in [2.45, 2.75) is 63.0 Å². The van der Waals surface area contributed by atoms with Gasteiger partial charge in [0.05, 0.1) is 16.6 Å². The number of rotatable bonds is 10. The number of carboxylic acid groups (broad SMARTS) is 1. The maximum atomic E-state index is 14.9. The van der Waals surface area contributed by atoms with Crippen LogP contribution in [0.15, 0.2) is 53.5 Å². The molecule has 0 bridgehead atoms. The van der Waals surface area contributed by atoms with E-state index in [2.05, 4.69) is 4.98 Å². The average Bonchev–Trinajstić information content (AvgIpc) is 3.85. The summed E-state index contributed by atoms with van der Waals surface area (Å²) in [5.74, 6) is -6.46. The Balaban J connectivity index is 1.49. The first-order valence-electron chi connectivity index (χ1n) is 15.0. The Kier molecular flexibility index (Phi) is 9.45. The largest absolute Gasteiger partial charge is 0.480 e. The summed E-state index contributed by atoms with van der Waals surface area (Å²) in [6.45, 7) is 1.20. The minimum absolute atomic E-state index is 0.0679. The van der Waals surface area contributed by atoms with Crippen LogP contribution in [0.3, 0.4) is 0 Å². The molecule has 1 fully saturated rings. The standard InChI is InChI=1S/C33H28F8N4O4/c1-3-25(33(39,40)41)43-17-12-21(34)27(22(35)13-17)29(46)44-23(31(48)49)11-16-8-9-19(28-18(16)5-4-10-42-28)26-20(32(36,37)38)14-24(15-6-7-15)45(2)30(26)47/h4-5,8-10,12-15,23,25,43H,3,6-7,11H2,1-2H3,(H,44,46)(H,48,49)/t23-,25+/m0/s1. The summed E-state index contributed by atoms with van der Waals surface area (Å²) >= 11 is 0. The molecule has 1 amide bonds. The molecule has 49 heavy (non-hydrogen) atoms. The van der Waals surface area contributed by atoms with Crippen molar-refractivity contribution in [2.24, 2.45) is 7.05 Å². The van der Waals surface area contributed by atoms with Gasteiger partial charge in [0.2, 0.25) is 0 Å². The van der Waals surface area contributed by atoms with Crippen LogP contribution in [-0.2, 0) is 24.4 Å². The number of nitrogens with zero attached hydrogens (tertiary/aromatic N) is 2. The Hall–Kier alpha value is -5.02. The van der Waals surface area contributed by atoms with Gasteiger partial charge in [-0.2, -0.15) is 26.3 Å². The van der Waals surface area contributed by atoms with E-state index in [1.54, 1.807) is 0 Å². The molecule has 3 N–H and O–H groups in total. The van der Waals surface area contributed by atoms with E-state index in [1.165, 1.54) is 49.0 Å². The second-order valence-corrected chi connectivity index (χ2v) is 11.7. The van der Waals surface area contributed by atoms with Crippen molar-refractivity contribution >= 4 is 28.5 Å². The number of carbonyl (C=O) groups is 2. The average molecular weight is 697 g/mol. The predicted octanol–water partition coefficient (Wildman–Crippen LogP) is 6.95. The fourth-order valence-corrected chi connectivity index (χ4v) is 5.72. The molecule has 1 aliphatic carbocycles. The van der Waals surface area contributed by atoms with Crippen LogP contribution in [0.2, 0.25) is 0 Å². The number of fused-ring (bicyclic) bond motifs is 1. The van der Waals surface area contributed by atoms with E-state index in [1.807, 2.05) is 10.6 Å². The molecule has 2 aromatic carbocycles. The van der Waals surface area contributed by atoms with Crippen molar-refractivity contribution in [1.29, 1.82) is 0 Å². The minimum Gasteiger partial charge on any atom is -0.480 e. The fraction of sp³-hybridized carbons (Fsp3) is 0.333. The number of hydrogen-bond acceptors (Lipinski definition) is 5. The Morgan fingerprint density at radius 3 is 2.24 bits per heavy atom. The van der Waals surface area contributed by atoms with Crippen LogP contribution in [-0.4, -0.2) is 44.8 Å². The van der Waals surface area contributed by atoms with Crippen molar-refractivity contribution < 1.29 is 49.8 Å². The van der Waals surface area contributed by atoms with Gasteiger partial charge in [0.15, 0.2) is 0 Å². The second-order valence-electron chi connectivity index (χ2n) is 11.7. The molecule has 0 radical (unpaired) electrons. The lowest BCUT2D eigenvalue weighted by atomic mass is 9.93. The van der Waals surface area contributed by atoms with Crippen LogP contribution in [0.25, 0.3) is 22.0 Å². The van der Waals surface area contributed by atoms with Gasteiger partial charge in [0.1, 0.15) is 29.3 Å². The summed E-state index contributed by atoms with van der Waals surface area (Å²) in [5.41, 5.74) is -4.39. The van der Waals surface area contributed by atoms with Crippen molar-refractivity contribution in [2.75, 3.05) is 5.32 Å². The van der Waals surface area contributed by atoms with Crippen LogP contribution in [0.4, 0.5) is 40.8 Å². The maximum absolute atomic E-state index is 14.9. The number of nitrogens with one attached hydrogen (secondary N) is 2. The summed E-state index contributed by atoms with van der Waals surface area (Å²) in [4.78, 5) is 42.7. The smallest absolute Gasteiger partial charge is 0.417 e. The molecule has 2 heterocycles. The number of anilines is 1. The number of carboxylic acids is 1. The first-order chi connectivity index (χ1) is 22.9. The molecule has 0 saturated heterocycles. The monoisotopic (exact) mass is 696 g/mol. The Bertz CT molecular complexity index is 1980. The summed E-state index contributed by atoms with van der Waals surface area (Å²) in [7, 11) is 1.38. The highest BCUT2D eigenvalue weighted by molar-refractivity contribution is 5.99. The summed E-state index contributed by atoms with van der Waals surface area (Å²) in [6.07, 6.45) is -8.08. The Morgan fingerprint density at radius 2 is 1.69 bits per heavy atom. The third kappa shape index (κ3) is 7.22. The number of benzene rings is 2. The van der Waals surface area contributed by atoms with Crippen LogP contribution in [0.5, 0.6) is 0 Å². The highest BCUT2D eigenvalue weighted by Gasteiger charge is 2.40. The van der Waals surface area contributed by atoms with E-state index in [0.717, 1.165) is 6.07 Å². The van der Waals surface area contributed by atoms with Gasteiger partial charge in [-0.05, 0) is 55.0 Å². The quantitative estimate of drug-likeness (QED) is 0.155. The molecule has 4 aromatic rings. The molecule has 1 aliphatic rings. The van der Waals surface area contributed by atoms with E-state index >= 15 is 0 Å². The highest BCUT2D eigenvalue weighted by atomic mass is 19.4. The summed E-state index contributed by atoms with van der Waals surface area (Å²) < 4.78 is 113. The van der Waals surface area contributed by atoms with Gasteiger partial charge in [-0.3, -0.25) is 14.6 Å². The summed E-state index contributed by atoms with van der Waals surface area (Å²) in [5, 5.41) is 14.0. The van der Waals surface area contributed by atoms with E-state index in [0.29, 0.717) is 25.0 Å². The van der Waals surface area contributed by atoms with E-state index in [9.17, 15) is 54.6 Å². The zero-order valence-corrected chi connectivity index (χ0v) is 25.8. The van der Waals surface area contributed by atoms with Crippen molar-refractivity contribution in [3.63, 3.8) is 0 Å². The zero-order chi connectivity index (χ0) is 36.0. The Morgan fingerprint density at radius 1 is 1.04 bits per heavy atom. The van der Waals surface area contributed by atoms with Gasteiger partial charge in [-0.1, -0.05) is 25.1 Å². The second kappa shape index (κ2) is 13.1. The number of aromatic nitrogens is 2. The molecule has 260 valence electrons. The zero-order valence-electron chi connectivity index (χ0n) is 25.8. The van der Waals surface area contributed by atoms with Crippen molar-refractivity contribution in [3.05, 3.63) is 93.0 Å². The van der Waals surface area contributed by atoms with Crippen LogP contribution in [0, 0.1) is 11.6 Å². The number of alkyl halides is 6. The molecule has 8 nitrogen and oxygen atoms in total. The van der Waals surface area contributed by atoms with Crippen molar-refractivity contribution in [3.8, 4) is 11.1 Å². The lowest BCUT2D eigenvalue weighted by Crippen LogP contribution is -2.43. The van der Waals surface area contributed by atoms with E-state index in [4.69, 9.17) is 0 Å². The van der Waals surface area contributed by atoms with Gasteiger partial charge < -0.3 is 20.3 Å². The number of amides is 1. The predicted molar refractivity (Wildman–Crippen MR) is 162 cm³/mol. The summed E-state index contributed by atoms with van der Waals surface area (Å²) in [6, 6.07) is 3.21. The molecule has 5 rings (SSSR count). The number of halogens is 8. The highest BCUT2D eigenvalue weighted by Crippen LogP contribution is 2.44. The lowest BCUT2D eigenvalue weighted by molar-refractivity contribution is -0.143. The molecule has 16 heteroatoms. The van der Waals surface area contributed by atoms with Crippen molar-refractivity contribution in [1.82, 2.24) is 14.9 Å². The molecular formula is C33H28F8N4O4. The molecule has 0 spiro atoms. The normalized spacial score (nSPS) is 14.8. The number of pyridine rings is 2. The topological polar surface area (TPSA) is 113 Å². The lowest BCUT2D eigenvalue weighted by Gasteiger charge is -2.22. The SMILES string of the molecule is CC[C@@H](Nc1cc(F)c(C(=O)N[C@@H](Cc2ccc(-c3c(C(F)(F)F)cc(C4CC4)n(C)c3=O)c3ncccc23)C(=O)O)c(F)c1)C(F)(F)F. The van der Waals surface area contributed by atoms with Crippen LogP contribution in [0.1, 0.15) is 59.3 Å². The molecule has 2 aromatic heterocycles. The first-order valence-corrected chi connectivity index (χ1v) is 15.0. The number of aliphatic carboxylic acids is 1. The first kappa shape index (κ1) is 35.3. The molecule has 1 saturated carbocycles.